The molecule has 0 aliphatic carbocycles. The average molecular weight is 236 g/mol. The van der Waals surface area contributed by atoms with E-state index < -0.39 is 24.6 Å². The van der Waals surface area contributed by atoms with E-state index in [4.69, 9.17) is 5.11 Å². The quantitative estimate of drug-likeness (QED) is 0.865. The first kappa shape index (κ1) is 12.5. The zero-order chi connectivity index (χ0) is 12.3. The van der Waals surface area contributed by atoms with Gasteiger partial charge in [-0.2, -0.15) is 13.2 Å². The standard InChI is InChI=1S/C9H11F3N2O2/c1-6(8(15)16)2-7-3-13-5-14(7)4-9(10,11)12/h3,5-6H,2,4H2,1H3,(H,15,16). The Morgan fingerprint density at radius 2 is 2.25 bits per heavy atom. The maximum Gasteiger partial charge on any atom is 0.406 e. The number of aliphatic carboxylic acids is 1. The number of carboxylic acids is 1. The zero-order valence-electron chi connectivity index (χ0n) is 8.53. The average Bonchev–Trinajstić information content (AvgIpc) is 2.49. The Morgan fingerprint density at radius 3 is 2.75 bits per heavy atom. The second kappa shape index (κ2) is 4.54. The molecule has 16 heavy (non-hydrogen) atoms. The van der Waals surface area contributed by atoms with E-state index in [1.165, 1.54) is 13.1 Å². The van der Waals surface area contributed by atoms with Crippen molar-refractivity contribution in [3.05, 3.63) is 18.2 Å². The highest BCUT2D eigenvalue weighted by molar-refractivity contribution is 5.69. The van der Waals surface area contributed by atoms with Gasteiger partial charge in [0.25, 0.3) is 0 Å². The normalized spacial score (nSPS) is 13.8. The molecule has 0 amide bonds. The summed E-state index contributed by atoms with van der Waals surface area (Å²) in [6, 6.07) is 0. The van der Waals surface area contributed by atoms with E-state index in [2.05, 4.69) is 4.98 Å². The van der Waals surface area contributed by atoms with E-state index in [9.17, 15) is 18.0 Å². The molecule has 0 aliphatic rings. The molecule has 0 radical (unpaired) electrons. The third-order valence-corrected chi connectivity index (χ3v) is 2.09. The first-order valence-electron chi connectivity index (χ1n) is 4.58. The van der Waals surface area contributed by atoms with Crippen LogP contribution in [0.15, 0.2) is 12.5 Å². The highest BCUT2D eigenvalue weighted by Gasteiger charge is 2.29. The Bertz CT molecular complexity index is 373. The van der Waals surface area contributed by atoms with Crippen LogP contribution in [-0.4, -0.2) is 26.8 Å². The summed E-state index contributed by atoms with van der Waals surface area (Å²) in [5.41, 5.74) is 0.271. The minimum atomic E-state index is -4.33. The van der Waals surface area contributed by atoms with Crippen LogP contribution in [0.4, 0.5) is 13.2 Å². The number of aromatic nitrogens is 2. The topological polar surface area (TPSA) is 55.1 Å². The van der Waals surface area contributed by atoms with Gasteiger partial charge in [-0.25, -0.2) is 4.98 Å². The van der Waals surface area contributed by atoms with E-state index in [1.54, 1.807) is 0 Å². The van der Waals surface area contributed by atoms with Crippen LogP contribution in [-0.2, 0) is 17.8 Å². The van der Waals surface area contributed by atoms with E-state index in [1.807, 2.05) is 0 Å². The highest BCUT2D eigenvalue weighted by Crippen LogP contribution is 2.19. The van der Waals surface area contributed by atoms with Gasteiger partial charge in [0.2, 0.25) is 0 Å². The molecule has 1 heterocycles. The van der Waals surface area contributed by atoms with Crippen molar-refractivity contribution in [1.82, 2.24) is 9.55 Å². The number of alkyl halides is 3. The summed E-state index contributed by atoms with van der Waals surface area (Å²) >= 11 is 0. The summed E-state index contributed by atoms with van der Waals surface area (Å²) in [6.45, 7) is 0.294. The third-order valence-electron chi connectivity index (χ3n) is 2.09. The zero-order valence-corrected chi connectivity index (χ0v) is 8.53. The number of carbonyl (C=O) groups is 1. The fraction of sp³-hybridized carbons (Fsp3) is 0.556. The van der Waals surface area contributed by atoms with Crippen molar-refractivity contribution < 1.29 is 23.1 Å². The summed E-state index contributed by atoms with van der Waals surface area (Å²) in [5, 5.41) is 8.65. The Balaban J connectivity index is 2.75. The fourth-order valence-electron chi connectivity index (χ4n) is 1.25. The van der Waals surface area contributed by atoms with Crippen LogP contribution in [0, 0.1) is 5.92 Å². The van der Waals surface area contributed by atoms with Crippen LogP contribution in [0.25, 0.3) is 0 Å². The molecule has 0 saturated heterocycles. The second-order valence-electron chi connectivity index (χ2n) is 3.57. The molecule has 1 N–H and O–H groups in total. The van der Waals surface area contributed by atoms with Crippen molar-refractivity contribution in [1.29, 1.82) is 0 Å². The van der Waals surface area contributed by atoms with Gasteiger partial charge in [0.15, 0.2) is 0 Å². The summed E-state index contributed by atoms with van der Waals surface area (Å²) < 4.78 is 37.3. The van der Waals surface area contributed by atoms with Crippen LogP contribution in [0.2, 0.25) is 0 Å². The van der Waals surface area contributed by atoms with Gasteiger partial charge in [0.1, 0.15) is 6.54 Å². The summed E-state index contributed by atoms with van der Waals surface area (Å²) in [6.07, 6.45) is -1.99. The van der Waals surface area contributed by atoms with Crippen molar-refractivity contribution in [3.8, 4) is 0 Å². The monoisotopic (exact) mass is 236 g/mol. The Kier molecular flexibility index (Phi) is 3.56. The number of nitrogens with zero attached hydrogens (tertiary/aromatic N) is 2. The Morgan fingerprint density at radius 1 is 1.62 bits per heavy atom. The molecule has 1 unspecified atom stereocenters. The molecule has 4 nitrogen and oxygen atoms in total. The van der Waals surface area contributed by atoms with Gasteiger partial charge >= 0.3 is 12.1 Å². The van der Waals surface area contributed by atoms with Crippen molar-refractivity contribution >= 4 is 5.97 Å². The van der Waals surface area contributed by atoms with Gasteiger partial charge in [-0.15, -0.1) is 0 Å². The van der Waals surface area contributed by atoms with Gasteiger partial charge in [-0.3, -0.25) is 4.79 Å². The molecule has 0 fully saturated rings. The number of carboxylic acid groups (broad SMARTS) is 1. The maximum absolute atomic E-state index is 12.1. The third kappa shape index (κ3) is 3.56. The van der Waals surface area contributed by atoms with Gasteiger partial charge in [-0.05, 0) is 0 Å². The molecule has 0 saturated carbocycles. The first-order chi connectivity index (χ1) is 7.29. The number of rotatable bonds is 4. The molecule has 1 aromatic rings. The lowest BCUT2D eigenvalue weighted by Gasteiger charge is -2.12. The van der Waals surface area contributed by atoms with Crippen LogP contribution in [0.1, 0.15) is 12.6 Å². The molecule has 0 aromatic carbocycles. The van der Waals surface area contributed by atoms with Crippen LogP contribution < -0.4 is 0 Å². The molecule has 7 heteroatoms. The summed E-state index contributed by atoms with van der Waals surface area (Å²) in [4.78, 5) is 14.2. The number of hydrogen-bond acceptors (Lipinski definition) is 2. The molecule has 1 rings (SSSR count). The van der Waals surface area contributed by atoms with Crippen molar-refractivity contribution in [2.75, 3.05) is 0 Å². The molecule has 1 atom stereocenters. The molecule has 0 spiro atoms. The van der Waals surface area contributed by atoms with Crippen molar-refractivity contribution in [3.63, 3.8) is 0 Å². The van der Waals surface area contributed by atoms with E-state index >= 15 is 0 Å². The van der Waals surface area contributed by atoms with Gasteiger partial charge < -0.3 is 9.67 Å². The lowest BCUT2D eigenvalue weighted by molar-refractivity contribution is -0.141. The minimum Gasteiger partial charge on any atom is -0.481 e. The number of imidazole rings is 1. The van der Waals surface area contributed by atoms with Crippen molar-refractivity contribution in [2.45, 2.75) is 26.1 Å². The molecular weight excluding hydrogens is 225 g/mol. The lowest BCUT2D eigenvalue weighted by Crippen LogP contribution is -2.21. The maximum atomic E-state index is 12.1. The molecular formula is C9H11F3N2O2. The van der Waals surface area contributed by atoms with E-state index in [0.717, 1.165) is 10.9 Å². The predicted octanol–water partition coefficient (Wildman–Crippen LogP) is 1.71. The highest BCUT2D eigenvalue weighted by atomic mass is 19.4. The van der Waals surface area contributed by atoms with E-state index in [0.29, 0.717) is 0 Å². The largest absolute Gasteiger partial charge is 0.481 e. The fourth-order valence-corrected chi connectivity index (χ4v) is 1.25. The first-order valence-corrected chi connectivity index (χ1v) is 4.58. The van der Waals surface area contributed by atoms with Crippen LogP contribution in [0.3, 0.4) is 0 Å². The van der Waals surface area contributed by atoms with Gasteiger partial charge in [-0.1, -0.05) is 6.92 Å². The molecule has 0 bridgehead atoms. The van der Waals surface area contributed by atoms with Crippen molar-refractivity contribution in [2.24, 2.45) is 5.92 Å². The van der Waals surface area contributed by atoms with Crippen LogP contribution in [0.5, 0.6) is 0 Å². The smallest absolute Gasteiger partial charge is 0.406 e. The SMILES string of the molecule is CC(Cc1cncn1CC(F)(F)F)C(=O)O. The minimum absolute atomic E-state index is 0.0331. The van der Waals surface area contributed by atoms with Crippen LogP contribution >= 0.6 is 0 Å². The second-order valence-corrected chi connectivity index (χ2v) is 3.57. The summed E-state index contributed by atoms with van der Waals surface area (Å²) in [7, 11) is 0. The Labute approximate surface area is 89.7 Å². The van der Waals surface area contributed by atoms with Gasteiger partial charge in [0.05, 0.1) is 12.2 Å². The van der Waals surface area contributed by atoms with E-state index in [-0.39, 0.29) is 12.1 Å². The predicted molar refractivity (Wildman–Crippen MR) is 48.8 cm³/mol. The Hall–Kier alpha value is -1.53. The number of hydrogen-bond donors (Lipinski definition) is 1. The summed E-state index contributed by atoms with van der Waals surface area (Å²) in [5.74, 6) is -1.77. The van der Waals surface area contributed by atoms with Gasteiger partial charge in [0, 0.05) is 18.3 Å². The molecule has 0 aliphatic heterocycles. The molecule has 90 valence electrons. The lowest BCUT2D eigenvalue weighted by atomic mass is 10.1. The number of halogens is 3. The molecule has 1 aromatic heterocycles.